The highest BCUT2D eigenvalue weighted by molar-refractivity contribution is 5.54. The summed E-state index contributed by atoms with van der Waals surface area (Å²) in [5, 5.41) is 9.27. The van der Waals surface area contributed by atoms with Gasteiger partial charge in [0.1, 0.15) is 5.82 Å². The predicted molar refractivity (Wildman–Crippen MR) is 69.6 cm³/mol. The van der Waals surface area contributed by atoms with E-state index in [1.165, 1.54) is 6.07 Å². The van der Waals surface area contributed by atoms with Crippen LogP contribution in [0, 0.1) is 11.2 Å². The van der Waals surface area contributed by atoms with Crippen molar-refractivity contribution in [3.63, 3.8) is 0 Å². The summed E-state index contributed by atoms with van der Waals surface area (Å²) < 4.78 is 13.6. The van der Waals surface area contributed by atoms with Crippen molar-refractivity contribution in [2.75, 3.05) is 11.9 Å². The van der Waals surface area contributed by atoms with Crippen LogP contribution >= 0.6 is 0 Å². The first-order valence-electron chi connectivity index (χ1n) is 5.90. The van der Waals surface area contributed by atoms with Crippen molar-refractivity contribution < 1.29 is 9.50 Å². The second-order valence-electron chi connectivity index (χ2n) is 5.55. The van der Waals surface area contributed by atoms with Crippen molar-refractivity contribution in [3.05, 3.63) is 29.6 Å². The molecular formula is C14H22FNO. The number of anilines is 1. The zero-order chi connectivity index (χ0) is 13.2. The van der Waals surface area contributed by atoms with E-state index in [2.05, 4.69) is 27.7 Å². The monoisotopic (exact) mass is 239 g/mol. The fourth-order valence-electron chi connectivity index (χ4n) is 1.82. The van der Waals surface area contributed by atoms with Crippen molar-refractivity contribution in [1.29, 1.82) is 0 Å². The first-order chi connectivity index (χ1) is 7.79. The van der Waals surface area contributed by atoms with E-state index in [4.69, 9.17) is 0 Å². The molecule has 1 atom stereocenters. The van der Waals surface area contributed by atoms with Crippen molar-refractivity contribution in [1.82, 2.24) is 0 Å². The van der Waals surface area contributed by atoms with Crippen molar-refractivity contribution in [3.8, 4) is 0 Å². The van der Waals surface area contributed by atoms with E-state index in [1.807, 2.05) is 18.0 Å². The molecule has 0 heterocycles. The Morgan fingerprint density at radius 2 is 1.94 bits per heavy atom. The number of hydrogen-bond acceptors (Lipinski definition) is 2. The van der Waals surface area contributed by atoms with Gasteiger partial charge in [-0.1, -0.05) is 26.8 Å². The predicted octanol–water partition coefficient (Wildman–Crippen LogP) is 3.19. The molecule has 96 valence electrons. The Kier molecular flexibility index (Phi) is 4.15. The molecule has 0 radical (unpaired) electrons. The number of halogens is 1. The number of nitrogens with zero attached hydrogens (tertiary/aromatic N) is 1. The zero-order valence-corrected chi connectivity index (χ0v) is 11.3. The van der Waals surface area contributed by atoms with Gasteiger partial charge in [-0.3, -0.25) is 0 Å². The van der Waals surface area contributed by atoms with Crippen LogP contribution in [-0.4, -0.2) is 18.2 Å². The molecule has 0 aromatic heterocycles. The standard InChI is InChI=1S/C14H22FNO/c1-10(14(2,3)4)16(5)13-8-6-7-12(15)11(13)9-17/h6-8,10,17H,9H2,1-5H3. The van der Waals surface area contributed by atoms with Crippen LogP contribution in [0.3, 0.4) is 0 Å². The molecule has 0 saturated heterocycles. The number of benzene rings is 1. The van der Waals surface area contributed by atoms with E-state index in [-0.39, 0.29) is 23.9 Å². The highest BCUT2D eigenvalue weighted by atomic mass is 19.1. The molecule has 1 unspecified atom stereocenters. The summed E-state index contributed by atoms with van der Waals surface area (Å²) in [6.07, 6.45) is 0. The largest absolute Gasteiger partial charge is 0.391 e. The lowest BCUT2D eigenvalue weighted by Gasteiger charge is -2.37. The smallest absolute Gasteiger partial charge is 0.130 e. The van der Waals surface area contributed by atoms with Gasteiger partial charge < -0.3 is 10.0 Å². The summed E-state index contributed by atoms with van der Waals surface area (Å²) in [5.74, 6) is -0.349. The van der Waals surface area contributed by atoms with E-state index in [9.17, 15) is 9.50 Å². The van der Waals surface area contributed by atoms with E-state index in [0.717, 1.165) is 5.69 Å². The van der Waals surface area contributed by atoms with Gasteiger partial charge in [0.2, 0.25) is 0 Å². The Hall–Kier alpha value is -1.09. The molecule has 0 aliphatic heterocycles. The second-order valence-corrected chi connectivity index (χ2v) is 5.55. The third kappa shape index (κ3) is 2.97. The van der Waals surface area contributed by atoms with E-state index >= 15 is 0 Å². The van der Waals surface area contributed by atoms with Gasteiger partial charge in [-0.2, -0.15) is 0 Å². The highest BCUT2D eigenvalue weighted by Crippen LogP contribution is 2.30. The fourth-order valence-corrected chi connectivity index (χ4v) is 1.82. The maximum absolute atomic E-state index is 13.6. The van der Waals surface area contributed by atoms with Crippen LogP contribution in [0.2, 0.25) is 0 Å². The first-order valence-corrected chi connectivity index (χ1v) is 5.90. The summed E-state index contributed by atoms with van der Waals surface area (Å²) in [6.45, 7) is 8.26. The summed E-state index contributed by atoms with van der Waals surface area (Å²) in [7, 11) is 1.93. The van der Waals surface area contributed by atoms with Crippen LogP contribution in [0.25, 0.3) is 0 Å². The minimum absolute atomic E-state index is 0.0911. The number of rotatable bonds is 3. The Balaban J connectivity index is 3.12. The quantitative estimate of drug-likeness (QED) is 0.875. The van der Waals surface area contributed by atoms with Crippen LogP contribution < -0.4 is 4.90 Å². The fraction of sp³-hybridized carbons (Fsp3) is 0.571. The number of aliphatic hydroxyl groups excluding tert-OH is 1. The molecule has 0 aliphatic carbocycles. The van der Waals surface area contributed by atoms with Gasteiger partial charge in [-0.25, -0.2) is 4.39 Å². The van der Waals surface area contributed by atoms with Gasteiger partial charge in [0.15, 0.2) is 0 Å². The Labute approximate surface area is 103 Å². The topological polar surface area (TPSA) is 23.5 Å². The van der Waals surface area contributed by atoms with Crippen LogP contribution in [0.1, 0.15) is 33.3 Å². The van der Waals surface area contributed by atoms with E-state index < -0.39 is 0 Å². The summed E-state index contributed by atoms with van der Waals surface area (Å²) >= 11 is 0. The lowest BCUT2D eigenvalue weighted by atomic mass is 9.86. The van der Waals surface area contributed by atoms with Crippen LogP contribution in [0.4, 0.5) is 10.1 Å². The molecule has 1 N–H and O–H groups in total. The maximum Gasteiger partial charge on any atom is 0.130 e. The van der Waals surface area contributed by atoms with Crippen LogP contribution in [0.15, 0.2) is 18.2 Å². The van der Waals surface area contributed by atoms with Gasteiger partial charge in [0.05, 0.1) is 6.61 Å². The van der Waals surface area contributed by atoms with Crippen LogP contribution in [0.5, 0.6) is 0 Å². The third-order valence-electron chi connectivity index (χ3n) is 3.47. The molecule has 3 heteroatoms. The average molecular weight is 239 g/mol. The molecule has 0 saturated carbocycles. The van der Waals surface area contributed by atoms with Gasteiger partial charge in [0.25, 0.3) is 0 Å². The van der Waals surface area contributed by atoms with E-state index in [0.29, 0.717) is 5.56 Å². The summed E-state index contributed by atoms with van der Waals surface area (Å²) in [6, 6.07) is 5.15. The molecule has 0 fully saturated rings. The maximum atomic E-state index is 13.6. The Bertz CT molecular complexity index is 384. The lowest BCUT2D eigenvalue weighted by Crippen LogP contribution is -2.39. The molecule has 1 rings (SSSR count). The van der Waals surface area contributed by atoms with Crippen molar-refractivity contribution >= 4 is 5.69 Å². The summed E-state index contributed by atoms with van der Waals surface area (Å²) in [4.78, 5) is 2.02. The highest BCUT2D eigenvalue weighted by Gasteiger charge is 2.25. The minimum atomic E-state index is -0.349. The molecule has 0 aliphatic rings. The van der Waals surface area contributed by atoms with Gasteiger partial charge in [0, 0.05) is 24.3 Å². The molecule has 1 aromatic rings. The Morgan fingerprint density at radius 1 is 1.35 bits per heavy atom. The van der Waals surface area contributed by atoms with Gasteiger partial charge >= 0.3 is 0 Å². The van der Waals surface area contributed by atoms with Gasteiger partial charge in [-0.05, 0) is 24.5 Å². The summed E-state index contributed by atoms with van der Waals surface area (Å²) in [5.41, 5.74) is 1.22. The third-order valence-corrected chi connectivity index (χ3v) is 3.47. The molecule has 2 nitrogen and oxygen atoms in total. The van der Waals surface area contributed by atoms with Crippen molar-refractivity contribution in [2.45, 2.75) is 40.3 Å². The first kappa shape index (κ1) is 14.0. The lowest BCUT2D eigenvalue weighted by molar-refractivity contribution is 0.274. The normalized spacial score (nSPS) is 13.6. The molecule has 0 bridgehead atoms. The SMILES string of the molecule is CC(N(C)c1cccc(F)c1CO)C(C)(C)C. The van der Waals surface area contributed by atoms with E-state index in [1.54, 1.807) is 6.07 Å². The zero-order valence-electron chi connectivity index (χ0n) is 11.3. The number of hydrogen-bond donors (Lipinski definition) is 1. The molecular weight excluding hydrogens is 217 g/mol. The minimum Gasteiger partial charge on any atom is -0.391 e. The molecule has 1 aromatic carbocycles. The van der Waals surface area contributed by atoms with Crippen molar-refractivity contribution in [2.24, 2.45) is 5.41 Å². The second kappa shape index (κ2) is 5.05. The van der Waals surface area contributed by atoms with Gasteiger partial charge in [-0.15, -0.1) is 0 Å². The van der Waals surface area contributed by atoms with Crippen LogP contribution in [-0.2, 0) is 6.61 Å². The molecule has 0 amide bonds. The average Bonchev–Trinajstić information content (AvgIpc) is 2.25. The molecule has 17 heavy (non-hydrogen) atoms. The molecule has 0 spiro atoms. The Morgan fingerprint density at radius 3 is 2.41 bits per heavy atom. The number of aliphatic hydroxyl groups is 1.